The van der Waals surface area contributed by atoms with E-state index < -0.39 is 0 Å². The predicted octanol–water partition coefficient (Wildman–Crippen LogP) is 2.53. The van der Waals surface area contributed by atoms with Gasteiger partial charge in [0, 0.05) is 23.4 Å². The predicted molar refractivity (Wildman–Crippen MR) is 91.2 cm³/mol. The minimum Gasteiger partial charge on any atom is -0.352 e. The number of aromatic nitrogens is 2. The van der Waals surface area contributed by atoms with E-state index in [0.717, 1.165) is 6.42 Å². The highest BCUT2D eigenvalue weighted by molar-refractivity contribution is 5.76. The lowest BCUT2D eigenvalue weighted by Crippen LogP contribution is -2.37. The van der Waals surface area contributed by atoms with Crippen LogP contribution in [-0.4, -0.2) is 21.5 Å². The van der Waals surface area contributed by atoms with Gasteiger partial charge >= 0.3 is 0 Å². The van der Waals surface area contributed by atoms with Gasteiger partial charge in [0.25, 0.3) is 5.56 Å². The molecule has 2 rings (SSSR count). The normalized spacial score (nSPS) is 12.0. The summed E-state index contributed by atoms with van der Waals surface area (Å²) in [5, 5.41) is 2.84. The Hall–Kier alpha value is -2.50. The van der Waals surface area contributed by atoms with Gasteiger partial charge in [0.1, 0.15) is 18.2 Å². The molecule has 1 aromatic carbocycles. The van der Waals surface area contributed by atoms with Gasteiger partial charge in [-0.05, 0) is 44.0 Å². The highest BCUT2D eigenvalue weighted by Crippen LogP contribution is 2.17. The molecule has 0 spiro atoms. The summed E-state index contributed by atoms with van der Waals surface area (Å²) in [4.78, 5) is 29.1. The molecule has 1 atom stereocenters. The van der Waals surface area contributed by atoms with Crippen molar-refractivity contribution in [2.75, 3.05) is 0 Å². The first-order chi connectivity index (χ1) is 11.4. The topological polar surface area (TPSA) is 64.0 Å². The lowest BCUT2D eigenvalue weighted by molar-refractivity contribution is -0.122. The highest BCUT2D eigenvalue weighted by Gasteiger charge is 2.14. The lowest BCUT2D eigenvalue weighted by Gasteiger charge is -2.15. The first kappa shape index (κ1) is 17.8. The van der Waals surface area contributed by atoms with Crippen LogP contribution in [0, 0.1) is 5.82 Å². The number of hydrogen-bond donors (Lipinski definition) is 1. The Morgan fingerprint density at radius 1 is 1.29 bits per heavy atom. The van der Waals surface area contributed by atoms with E-state index in [-0.39, 0.29) is 29.9 Å². The van der Waals surface area contributed by atoms with Crippen molar-refractivity contribution >= 4 is 5.91 Å². The summed E-state index contributed by atoms with van der Waals surface area (Å²) in [5.74, 6) is -0.242. The summed E-state index contributed by atoms with van der Waals surface area (Å²) in [7, 11) is 0. The van der Waals surface area contributed by atoms with Crippen LogP contribution in [0.15, 0.2) is 35.1 Å². The molecule has 0 aliphatic carbocycles. The fourth-order valence-electron chi connectivity index (χ4n) is 2.27. The van der Waals surface area contributed by atoms with Gasteiger partial charge < -0.3 is 5.32 Å². The Kier molecular flexibility index (Phi) is 5.84. The Morgan fingerprint density at radius 3 is 2.54 bits per heavy atom. The van der Waals surface area contributed by atoms with Gasteiger partial charge in [-0.25, -0.2) is 9.37 Å². The van der Waals surface area contributed by atoms with Crippen molar-refractivity contribution in [1.29, 1.82) is 0 Å². The van der Waals surface area contributed by atoms with Crippen LogP contribution < -0.4 is 10.9 Å². The molecule has 0 aliphatic rings. The molecule has 0 saturated heterocycles. The van der Waals surface area contributed by atoms with Crippen LogP contribution in [0.1, 0.15) is 32.9 Å². The van der Waals surface area contributed by atoms with Gasteiger partial charge in [-0.3, -0.25) is 14.2 Å². The number of rotatable bonds is 6. The average molecular weight is 331 g/mol. The van der Waals surface area contributed by atoms with Crippen molar-refractivity contribution in [1.82, 2.24) is 14.9 Å². The molecule has 0 saturated carbocycles. The molecule has 24 heavy (non-hydrogen) atoms. The number of nitrogens with zero attached hydrogens (tertiary/aromatic N) is 2. The van der Waals surface area contributed by atoms with E-state index in [1.54, 1.807) is 12.1 Å². The quantitative estimate of drug-likeness (QED) is 0.885. The number of aryl methyl sites for hydroxylation is 1. The fraction of sp³-hybridized carbons (Fsp3) is 0.389. The van der Waals surface area contributed by atoms with Crippen molar-refractivity contribution in [2.24, 2.45) is 0 Å². The van der Waals surface area contributed by atoms with Crippen molar-refractivity contribution in [3.63, 3.8) is 0 Å². The number of nitrogens with one attached hydrogen (secondary N) is 1. The van der Waals surface area contributed by atoms with Crippen LogP contribution in [0.3, 0.4) is 0 Å². The molecule has 1 aromatic heterocycles. The maximum atomic E-state index is 13.2. The molecule has 0 radical (unpaired) electrons. The molecule has 6 heteroatoms. The third-order valence-corrected chi connectivity index (χ3v) is 3.85. The van der Waals surface area contributed by atoms with Crippen molar-refractivity contribution in [3.8, 4) is 11.4 Å². The van der Waals surface area contributed by atoms with Crippen LogP contribution in [0.5, 0.6) is 0 Å². The number of amides is 1. The van der Waals surface area contributed by atoms with Crippen LogP contribution in [0.2, 0.25) is 0 Å². The molecule has 128 valence electrons. The van der Waals surface area contributed by atoms with Gasteiger partial charge in [0.2, 0.25) is 5.91 Å². The first-order valence-electron chi connectivity index (χ1n) is 8.10. The number of halogens is 1. The van der Waals surface area contributed by atoms with E-state index >= 15 is 0 Å². The zero-order chi connectivity index (χ0) is 17.7. The molecule has 0 aliphatic heterocycles. The first-order valence-corrected chi connectivity index (χ1v) is 8.10. The SMILES string of the molecule is CCc1cc(=O)n(CC(=O)N[C@H](C)CC)c(-c2ccc(F)cc2)n1. The molecule has 0 bridgehead atoms. The molecule has 1 N–H and O–H groups in total. The molecule has 0 fully saturated rings. The van der Waals surface area contributed by atoms with E-state index in [0.29, 0.717) is 23.5 Å². The summed E-state index contributed by atoms with van der Waals surface area (Å²) < 4.78 is 14.5. The smallest absolute Gasteiger partial charge is 0.254 e. The van der Waals surface area contributed by atoms with Gasteiger partial charge in [-0.15, -0.1) is 0 Å². The molecule has 1 heterocycles. The minimum atomic E-state index is -0.367. The van der Waals surface area contributed by atoms with E-state index in [1.807, 2.05) is 20.8 Å². The molecular formula is C18H22FN3O2. The summed E-state index contributed by atoms with van der Waals surface area (Å²) in [6.07, 6.45) is 1.40. The molecule has 5 nitrogen and oxygen atoms in total. The van der Waals surface area contributed by atoms with E-state index in [4.69, 9.17) is 0 Å². The summed E-state index contributed by atoms with van der Waals surface area (Å²) >= 11 is 0. The number of hydrogen-bond acceptors (Lipinski definition) is 3. The lowest BCUT2D eigenvalue weighted by atomic mass is 10.2. The Balaban J connectivity index is 2.44. The van der Waals surface area contributed by atoms with E-state index in [9.17, 15) is 14.0 Å². The molecule has 1 amide bonds. The molecular weight excluding hydrogens is 309 g/mol. The standard InChI is InChI=1S/C18H22FN3O2/c1-4-12(3)20-16(23)11-22-17(24)10-15(5-2)21-18(22)13-6-8-14(19)9-7-13/h6-10,12H,4-5,11H2,1-3H3,(H,20,23)/t12-/m1/s1. The summed E-state index contributed by atoms with van der Waals surface area (Å²) in [5.41, 5.74) is 0.943. The van der Waals surface area contributed by atoms with Crippen molar-refractivity contribution in [3.05, 3.63) is 52.2 Å². The Bertz CT molecular complexity index is 769. The maximum absolute atomic E-state index is 13.2. The largest absolute Gasteiger partial charge is 0.352 e. The number of carbonyl (C=O) groups is 1. The average Bonchev–Trinajstić information content (AvgIpc) is 2.57. The molecule has 0 unspecified atom stereocenters. The van der Waals surface area contributed by atoms with Gasteiger partial charge in [0.05, 0.1) is 0 Å². The Morgan fingerprint density at radius 2 is 1.96 bits per heavy atom. The third kappa shape index (κ3) is 4.28. The van der Waals surface area contributed by atoms with Gasteiger partial charge in [-0.1, -0.05) is 13.8 Å². The second-order valence-corrected chi connectivity index (χ2v) is 5.73. The monoisotopic (exact) mass is 331 g/mol. The van der Waals surface area contributed by atoms with Crippen LogP contribution in [0.4, 0.5) is 4.39 Å². The van der Waals surface area contributed by atoms with Crippen molar-refractivity contribution in [2.45, 2.75) is 46.2 Å². The highest BCUT2D eigenvalue weighted by atomic mass is 19.1. The number of carbonyl (C=O) groups excluding carboxylic acids is 1. The zero-order valence-corrected chi connectivity index (χ0v) is 14.2. The second kappa shape index (κ2) is 7.86. The second-order valence-electron chi connectivity index (χ2n) is 5.73. The van der Waals surface area contributed by atoms with Crippen molar-refractivity contribution < 1.29 is 9.18 Å². The van der Waals surface area contributed by atoms with E-state index in [1.165, 1.54) is 22.8 Å². The van der Waals surface area contributed by atoms with Crippen LogP contribution in [0.25, 0.3) is 11.4 Å². The summed E-state index contributed by atoms with van der Waals surface area (Å²) in [6, 6.07) is 7.20. The zero-order valence-electron chi connectivity index (χ0n) is 14.2. The minimum absolute atomic E-state index is 0.0327. The number of benzene rings is 1. The summed E-state index contributed by atoms with van der Waals surface area (Å²) in [6.45, 7) is 5.65. The van der Waals surface area contributed by atoms with E-state index in [2.05, 4.69) is 10.3 Å². The maximum Gasteiger partial charge on any atom is 0.254 e. The molecule has 2 aromatic rings. The fourth-order valence-corrected chi connectivity index (χ4v) is 2.27. The van der Waals surface area contributed by atoms with Gasteiger partial charge in [0.15, 0.2) is 0 Å². The third-order valence-electron chi connectivity index (χ3n) is 3.85. The van der Waals surface area contributed by atoms with Crippen LogP contribution in [-0.2, 0) is 17.8 Å². The van der Waals surface area contributed by atoms with Gasteiger partial charge in [-0.2, -0.15) is 0 Å². The Labute approximate surface area is 140 Å². The van der Waals surface area contributed by atoms with Crippen LogP contribution >= 0.6 is 0 Å².